The zero-order valence-corrected chi connectivity index (χ0v) is 10.2. The molecule has 0 saturated carbocycles. The Morgan fingerprint density at radius 3 is 2.59 bits per heavy atom. The fourth-order valence-electron chi connectivity index (χ4n) is 1.47. The highest BCUT2D eigenvalue weighted by Gasteiger charge is 2.16. The van der Waals surface area contributed by atoms with E-state index in [-0.39, 0.29) is 11.1 Å². The van der Waals surface area contributed by atoms with Gasteiger partial charge in [-0.25, -0.2) is 8.78 Å². The van der Waals surface area contributed by atoms with Gasteiger partial charge in [0.15, 0.2) is 0 Å². The molecule has 0 aliphatic carbocycles. The molecule has 0 amide bonds. The number of hydrogen-bond acceptors (Lipinski definition) is 2. The van der Waals surface area contributed by atoms with Gasteiger partial charge in [-0.2, -0.15) is 0 Å². The van der Waals surface area contributed by atoms with Crippen LogP contribution in [0.2, 0.25) is 0 Å². The van der Waals surface area contributed by atoms with Crippen LogP contribution in [0.1, 0.15) is 17.2 Å². The van der Waals surface area contributed by atoms with Gasteiger partial charge in [-0.15, -0.1) is 0 Å². The minimum atomic E-state index is -1.21. The van der Waals surface area contributed by atoms with Gasteiger partial charge in [0.1, 0.15) is 17.7 Å². The molecule has 0 aliphatic heterocycles. The van der Waals surface area contributed by atoms with E-state index in [4.69, 9.17) is 0 Å². The van der Waals surface area contributed by atoms with Gasteiger partial charge in [0.25, 0.3) is 0 Å². The Labute approximate surface area is 105 Å². The number of halogens is 3. The van der Waals surface area contributed by atoms with E-state index in [1.807, 2.05) is 0 Å². The first-order chi connectivity index (χ1) is 8.09. The number of nitrogens with zero attached hydrogens (tertiary/aromatic N) is 1. The standard InChI is InChI=1S/C12H8BrF2NO/c13-9-2-1-7(5-10(9)14)12(17)8-3-4-16-6-11(8)15/h1-6,12,17H. The maximum Gasteiger partial charge on any atom is 0.147 e. The lowest BCUT2D eigenvalue weighted by Gasteiger charge is -2.12. The van der Waals surface area contributed by atoms with Crippen LogP contribution < -0.4 is 0 Å². The van der Waals surface area contributed by atoms with E-state index in [2.05, 4.69) is 20.9 Å². The fraction of sp³-hybridized carbons (Fsp3) is 0.0833. The molecule has 1 heterocycles. The molecule has 1 N–H and O–H groups in total. The summed E-state index contributed by atoms with van der Waals surface area (Å²) < 4.78 is 27.0. The first kappa shape index (κ1) is 12.1. The third-order valence-electron chi connectivity index (χ3n) is 2.36. The van der Waals surface area contributed by atoms with Crippen LogP contribution in [-0.4, -0.2) is 10.1 Å². The molecule has 17 heavy (non-hydrogen) atoms. The first-order valence-electron chi connectivity index (χ1n) is 4.82. The van der Waals surface area contributed by atoms with E-state index in [1.54, 1.807) is 0 Å². The van der Waals surface area contributed by atoms with Crippen LogP contribution >= 0.6 is 15.9 Å². The van der Waals surface area contributed by atoms with Crippen molar-refractivity contribution in [3.8, 4) is 0 Å². The molecule has 0 spiro atoms. The smallest absolute Gasteiger partial charge is 0.147 e. The summed E-state index contributed by atoms with van der Waals surface area (Å²) in [5.41, 5.74) is 0.359. The zero-order valence-electron chi connectivity index (χ0n) is 8.57. The average molecular weight is 300 g/mol. The van der Waals surface area contributed by atoms with Gasteiger partial charge in [-0.05, 0) is 39.7 Å². The Morgan fingerprint density at radius 2 is 1.94 bits per heavy atom. The van der Waals surface area contributed by atoms with Gasteiger partial charge in [0, 0.05) is 11.8 Å². The molecule has 2 nitrogen and oxygen atoms in total. The highest BCUT2D eigenvalue weighted by molar-refractivity contribution is 9.10. The molecular formula is C12H8BrF2NO. The average Bonchev–Trinajstić information content (AvgIpc) is 2.32. The van der Waals surface area contributed by atoms with E-state index in [9.17, 15) is 13.9 Å². The fourth-order valence-corrected chi connectivity index (χ4v) is 1.72. The van der Waals surface area contributed by atoms with Gasteiger partial charge in [0.05, 0.1) is 10.7 Å². The topological polar surface area (TPSA) is 33.1 Å². The Hall–Kier alpha value is -1.33. The maximum atomic E-state index is 13.4. The predicted octanol–water partition coefficient (Wildman–Crippen LogP) is 3.20. The van der Waals surface area contributed by atoms with E-state index in [0.29, 0.717) is 4.47 Å². The maximum absolute atomic E-state index is 13.4. The van der Waals surface area contributed by atoms with Gasteiger partial charge in [-0.1, -0.05) is 6.07 Å². The lowest BCUT2D eigenvalue weighted by atomic mass is 10.0. The molecule has 0 aliphatic rings. The van der Waals surface area contributed by atoms with Crippen molar-refractivity contribution in [3.63, 3.8) is 0 Å². The third kappa shape index (κ3) is 2.50. The van der Waals surface area contributed by atoms with Crippen LogP contribution in [0.4, 0.5) is 8.78 Å². The van der Waals surface area contributed by atoms with E-state index in [1.165, 1.54) is 24.4 Å². The van der Waals surface area contributed by atoms with Gasteiger partial charge >= 0.3 is 0 Å². The molecule has 0 radical (unpaired) electrons. The second kappa shape index (κ2) is 4.89. The molecule has 1 aromatic heterocycles. The largest absolute Gasteiger partial charge is 0.384 e. The van der Waals surface area contributed by atoms with Gasteiger partial charge in [0.2, 0.25) is 0 Å². The molecule has 5 heteroatoms. The number of hydrogen-bond donors (Lipinski definition) is 1. The van der Waals surface area contributed by atoms with Gasteiger partial charge in [-0.3, -0.25) is 4.98 Å². The van der Waals surface area contributed by atoms with Crippen LogP contribution in [0, 0.1) is 11.6 Å². The van der Waals surface area contributed by atoms with E-state index in [0.717, 1.165) is 12.3 Å². The second-order valence-corrected chi connectivity index (χ2v) is 4.33. The van der Waals surface area contributed by atoms with Crippen molar-refractivity contribution in [2.75, 3.05) is 0 Å². The van der Waals surface area contributed by atoms with Crippen LogP contribution in [0.25, 0.3) is 0 Å². The summed E-state index contributed by atoms with van der Waals surface area (Å²) in [7, 11) is 0. The highest BCUT2D eigenvalue weighted by atomic mass is 79.9. The molecule has 1 unspecified atom stereocenters. The number of pyridine rings is 1. The predicted molar refractivity (Wildman–Crippen MR) is 62.4 cm³/mol. The quantitative estimate of drug-likeness (QED) is 0.924. The van der Waals surface area contributed by atoms with Crippen LogP contribution in [0.15, 0.2) is 41.1 Å². The Bertz CT molecular complexity index is 548. The Morgan fingerprint density at radius 1 is 1.18 bits per heavy atom. The van der Waals surface area contributed by atoms with E-state index < -0.39 is 17.7 Å². The second-order valence-electron chi connectivity index (χ2n) is 3.47. The van der Waals surface area contributed by atoms with Crippen LogP contribution in [-0.2, 0) is 0 Å². The van der Waals surface area contributed by atoms with Crippen molar-refractivity contribution < 1.29 is 13.9 Å². The number of benzene rings is 1. The lowest BCUT2D eigenvalue weighted by molar-refractivity contribution is 0.214. The Kier molecular flexibility index (Phi) is 3.49. The minimum Gasteiger partial charge on any atom is -0.384 e. The molecule has 2 aromatic rings. The normalized spacial score (nSPS) is 12.5. The molecular weight excluding hydrogens is 292 g/mol. The van der Waals surface area contributed by atoms with Crippen molar-refractivity contribution >= 4 is 15.9 Å². The van der Waals surface area contributed by atoms with Crippen molar-refractivity contribution in [2.45, 2.75) is 6.10 Å². The zero-order chi connectivity index (χ0) is 12.4. The monoisotopic (exact) mass is 299 g/mol. The molecule has 0 saturated heterocycles. The molecule has 1 atom stereocenters. The molecule has 88 valence electrons. The van der Waals surface area contributed by atoms with Crippen molar-refractivity contribution in [2.24, 2.45) is 0 Å². The van der Waals surface area contributed by atoms with Crippen molar-refractivity contribution in [3.05, 3.63) is 63.9 Å². The summed E-state index contributed by atoms with van der Waals surface area (Å²) in [6.07, 6.45) is 1.17. The SMILES string of the molecule is OC(c1ccc(Br)c(F)c1)c1ccncc1F. The summed E-state index contributed by atoms with van der Waals surface area (Å²) in [5.74, 6) is -1.13. The molecule has 0 fully saturated rings. The van der Waals surface area contributed by atoms with Gasteiger partial charge < -0.3 is 5.11 Å². The van der Waals surface area contributed by atoms with Crippen molar-refractivity contribution in [1.82, 2.24) is 4.98 Å². The lowest BCUT2D eigenvalue weighted by Crippen LogP contribution is -2.03. The molecule has 2 rings (SSSR count). The minimum absolute atomic E-state index is 0.0710. The molecule has 0 bridgehead atoms. The number of rotatable bonds is 2. The van der Waals surface area contributed by atoms with Crippen molar-refractivity contribution in [1.29, 1.82) is 0 Å². The first-order valence-corrected chi connectivity index (χ1v) is 5.61. The van der Waals surface area contributed by atoms with Crippen LogP contribution in [0.5, 0.6) is 0 Å². The third-order valence-corrected chi connectivity index (χ3v) is 3.00. The highest BCUT2D eigenvalue weighted by Crippen LogP contribution is 2.26. The summed E-state index contributed by atoms with van der Waals surface area (Å²) >= 11 is 3.01. The number of aliphatic hydroxyl groups excluding tert-OH is 1. The summed E-state index contributed by atoms with van der Waals surface area (Å²) in [5, 5.41) is 9.94. The van der Waals surface area contributed by atoms with E-state index >= 15 is 0 Å². The molecule has 1 aromatic carbocycles. The van der Waals surface area contributed by atoms with Crippen LogP contribution in [0.3, 0.4) is 0 Å². The summed E-state index contributed by atoms with van der Waals surface area (Å²) in [6, 6.07) is 5.51. The summed E-state index contributed by atoms with van der Waals surface area (Å²) in [4.78, 5) is 3.58. The summed E-state index contributed by atoms with van der Waals surface area (Å²) in [6.45, 7) is 0. The number of aliphatic hydroxyl groups is 1. The number of aromatic nitrogens is 1. The Balaban J connectivity index is 2.40.